The number of aliphatic hydroxyl groups is 1. The van der Waals surface area contributed by atoms with Crippen molar-refractivity contribution >= 4 is 29.9 Å². The van der Waals surface area contributed by atoms with Crippen molar-refractivity contribution in [3.63, 3.8) is 0 Å². The number of hydrogen-bond donors (Lipinski definition) is 3. The predicted molar refractivity (Wildman–Crippen MR) is 128 cm³/mol. The first kappa shape index (κ1) is 25.5. The van der Waals surface area contributed by atoms with Crippen molar-refractivity contribution in [1.29, 1.82) is 0 Å². The van der Waals surface area contributed by atoms with Crippen LogP contribution in [0.15, 0.2) is 39.7 Å². The Kier molecular flexibility index (Phi) is 10.7. The molecule has 162 valence electrons. The van der Waals surface area contributed by atoms with E-state index in [1.807, 2.05) is 33.8 Å². The number of aliphatic imine (C=N–C) groups is 1. The standard InChI is InChI=1S/C22H33N3O3.HI/c1-6-23-21(24-13-18-8-10-19(11-9-18)14-27-7-2)25-15-22(5,26)20-12-16(3)28-17(20)4;/h8-12,26H,6-7,13-15H2,1-5H3,(H2,23,24,25);1H. The van der Waals surface area contributed by atoms with Crippen molar-refractivity contribution < 1.29 is 14.3 Å². The molecule has 3 N–H and O–H groups in total. The number of rotatable bonds is 9. The number of aryl methyl sites for hydroxylation is 2. The van der Waals surface area contributed by atoms with Crippen LogP contribution in [0.2, 0.25) is 0 Å². The van der Waals surface area contributed by atoms with E-state index in [9.17, 15) is 5.11 Å². The van der Waals surface area contributed by atoms with Gasteiger partial charge in [0.2, 0.25) is 0 Å². The van der Waals surface area contributed by atoms with E-state index >= 15 is 0 Å². The molecule has 0 fully saturated rings. The van der Waals surface area contributed by atoms with Gasteiger partial charge >= 0.3 is 0 Å². The van der Waals surface area contributed by atoms with Gasteiger partial charge in [0.05, 0.1) is 19.7 Å². The summed E-state index contributed by atoms with van der Waals surface area (Å²) < 4.78 is 11.0. The molecule has 0 saturated carbocycles. The van der Waals surface area contributed by atoms with Gasteiger partial charge < -0.3 is 24.9 Å². The molecular formula is C22H34IN3O3. The number of nitrogens with zero attached hydrogens (tertiary/aromatic N) is 1. The number of guanidine groups is 1. The minimum Gasteiger partial charge on any atom is -0.466 e. The summed E-state index contributed by atoms with van der Waals surface area (Å²) >= 11 is 0. The fourth-order valence-electron chi connectivity index (χ4n) is 2.99. The highest BCUT2D eigenvalue weighted by atomic mass is 127. The molecule has 2 aromatic rings. The van der Waals surface area contributed by atoms with Crippen LogP contribution in [0.25, 0.3) is 0 Å². The quantitative estimate of drug-likeness (QED) is 0.267. The SMILES string of the molecule is CCNC(=NCc1ccc(COCC)cc1)NCC(C)(O)c1cc(C)oc1C.I. The third-order valence-electron chi connectivity index (χ3n) is 4.48. The molecule has 0 amide bonds. The fraction of sp³-hybridized carbons (Fsp3) is 0.500. The van der Waals surface area contributed by atoms with Crippen LogP contribution in [0, 0.1) is 13.8 Å². The highest BCUT2D eigenvalue weighted by molar-refractivity contribution is 14.0. The van der Waals surface area contributed by atoms with Crippen molar-refractivity contribution in [2.75, 3.05) is 19.7 Å². The van der Waals surface area contributed by atoms with Crippen molar-refractivity contribution in [1.82, 2.24) is 10.6 Å². The summed E-state index contributed by atoms with van der Waals surface area (Å²) in [5, 5.41) is 17.3. The summed E-state index contributed by atoms with van der Waals surface area (Å²) in [5.74, 6) is 2.19. The Balaban J connectivity index is 0.00000420. The molecule has 2 rings (SSSR count). The number of hydrogen-bond acceptors (Lipinski definition) is 4. The van der Waals surface area contributed by atoms with E-state index < -0.39 is 5.60 Å². The van der Waals surface area contributed by atoms with Gasteiger partial charge in [-0.25, -0.2) is 4.99 Å². The Morgan fingerprint density at radius 1 is 1.14 bits per heavy atom. The van der Waals surface area contributed by atoms with Crippen LogP contribution >= 0.6 is 24.0 Å². The molecule has 0 spiro atoms. The first-order chi connectivity index (χ1) is 13.4. The third-order valence-corrected chi connectivity index (χ3v) is 4.48. The molecule has 1 aromatic carbocycles. The molecule has 0 saturated heterocycles. The van der Waals surface area contributed by atoms with Gasteiger partial charge in [-0.3, -0.25) is 0 Å². The van der Waals surface area contributed by atoms with Crippen LogP contribution in [-0.2, 0) is 23.5 Å². The second-order valence-electron chi connectivity index (χ2n) is 7.10. The number of halogens is 1. The van der Waals surface area contributed by atoms with Gasteiger partial charge in [-0.15, -0.1) is 24.0 Å². The number of benzene rings is 1. The molecule has 1 unspecified atom stereocenters. The first-order valence-electron chi connectivity index (χ1n) is 9.83. The van der Waals surface area contributed by atoms with Crippen LogP contribution < -0.4 is 10.6 Å². The molecule has 0 aliphatic heterocycles. The Bertz CT molecular complexity index is 770. The van der Waals surface area contributed by atoms with Crippen molar-refractivity contribution in [3.8, 4) is 0 Å². The summed E-state index contributed by atoms with van der Waals surface area (Å²) in [5.41, 5.74) is 2.00. The highest BCUT2D eigenvalue weighted by Gasteiger charge is 2.27. The van der Waals surface area contributed by atoms with E-state index in [-0.39, 0.29) is 24.0 Å². The van der Waals surface area contributed by atoms with E-state index in [1.165, 1.54) is 0 Å². The van der Waals surface area contributed by atoms with Gasteiger partial charge in [-0.2, -0.15) is 0 Å². The lowest BCUT2D eigenvalue weighted by molar-refractivity contribution is 0.0601. The first-order valence-corrected chi connectivity index (χ1v) is 9.83. The molecule has 0 aliphatic rings. The molecule has 0 radical (unpaired) electrons. The zero-order valence-corrected chi connectivity index (χ0v) is 20.4. The number of nitrogens with one attached hydrogen (secondary N) is 2. The molecular weight excluding hydrogens is 481 g/mol. The molecule has 1 atom stereocenters. The molecule has 1 heterocycles. The maximum atomic E-state index is 10.9. The maximum absolute atomic E-state index is 10.9. The number of furan rings is 1. The average Bonchev–Trinajstić information content (AvgIpc) is 3.02. The molecule has 1 aromatic heterocycles. The topological polar surface area (TPSA) is 79.0 Å². The van der Waals surface area contributed by atoms with E-state index in [1.54, 1.807) is 6.92 Å². The van der Waals surface area contributed by atoms with Gasteiger partial charge in [0.25, 0.3) is 0 Å². The second kappa shape index (κ2) is 12.2. The van der Waals surface area contributed by atoms with Gasteiger partial charge in [-0.1, -0.05) is 24.3 Å². The molecule has 0 bridgehead atoms. The molecule has 6 nitrogen and oxygen atoms in total. The monoisotopic (exact) mass is 515 g/mol. The minimum absolute atomic E-state index is 0. The summed E-state index contributed by atoms with van der Waals surface area (Å²) in [6, 6.07) is 10.1. The van der Waals surface area contributed by atoms with Crippen molar-refractivity contribution in [3.05, 3.63) is 58.5 Å². The van der Waals surface area contributed by atoms with Crippen LogP contribution in [0.3, 0.4) is 0 Å². The van der Waals surface area contributed by atoms with Gasteiger partial charge in [-0.05, 0) is 51.8 Å². The van der Waals surface area contributed by atoms with Crippen molar-refractivity contribution in [2.24, 2.45) is 4.99 Å². The average molecular weight is 515 g/mol. The Morgan fingerprint density at radius 3 is 2.34 bits per heavy atom. The molecule has 0 aliphatic carbocycles. The zero-order chi connectivity index (χ0) is 20.6. The lowest BCUT2D eigenvalue weighted by atomic mass is 9.96. The lowest BCUT2D eigenvalue weighted by Gasteiger charge is -2.24. The summed E-state index contributed by atoms with van der Waals surface area (Å²) in [6.45, 7) is 12.5. The second-order valence-corrected chi connectivity index (χ2v) is 7.10. The Labute approximate surface area is 191 Å². The Hall–Kier alpha value is -1.58. The van der Waals surface area contributed by atoms with Crippen molar-refractivity contribution in [2.45, 2.75) is 53.4 Å². The highest BCUT2D eigenvalue weighted by Crippen LogP contribution is 2.26. The zero-order valence-electron chi connectivity index (χ0n) is 18.0. The van der Waals surface area contributed by atoms with E-state index in [0.29, 0.717) is 32.3 Å². The van der Waals surface area contributed by atoms with Crippen LogP contribution in [0.1, 0.15) is 49.0 Å². The molecule has 7 heteroatoms. The fourth-order valence-corrected chi connectivity index (χ4v) is 2.99. The maximum Gasteiger partial charge on any atom is 0.191 e. The normalized spacial score (nSPS) is 13.5. The molecule has 29 heavy (non-hydrogen) atoms. The van der Waals surface area contributed by atoms with E-state index in [0.717, 1.165) is 34.8 Å². The summed E-state index contributed by atoms with van der Waals surface area (Å²) in [6.07, 6.45) is 0. The van der Waals surface area contributed by atoms with Crippen LogP contribution in [0.5, 0.6) is 0 Å². The summed E-state index contributed by atoms with van der Waals surface area (Å²) in [4.78, 5) is 4.63. The van der Waals surface area contributed by atoms with E-state index in [2.05, 4.69) is 39.9 Å². The lowest BCUT2D eigenvalue weighted by Crippen LogP contribution is -2.44. The van der Waals surface area contributed by atoms with Crippen LogP contribution in [0.4, 0.5) is 0 Å². The van der Waals surface area contributed by atoms with Gasteiger partial charge in [0.15, 0.2) is 5.96 Å². The minimum atomic E-state index is -1.06. The van der Waals surface area contributed by atoms with Crippen LogP contribution in [-0.4, -0.2) is 30.8 Å². The van der Waals surface area contributed by atoms with Gasteiger partial charge in [0.1, 0.15) is 17.1 Å². The third kappa shape index (κ3) is 7.98. The summed E-state index contributed by atoms with van der Waals surface area (Å²) in [7, 11) is 0. The Morgan fingerprint density at radius 2 is 1.79 bits per heavy atom. The van der Waals surface area contributed by atoms with E-state index in [4.69, 9.17) is 9.15 Å². The largest absolute Gasteiger partial charge is 0.466 e. The predicted octanol–water partition coefficient (Wildman–Crippen LogP) is 4.01. The number of ether oxygens (including phenoxy) is 1. The van der Waals surface area contributed by atoms with Gasteiger partial charge in [0, 0.05) is 18.7 Å². The smallest absolute Gasteiger partial charge is 0.191 e.